The number of ether oxygens (including phenoxy) is 2. The van der Waals surface area contributed by atoms with Gasteiger partial charge in [0.2, 0.25) is 0 Å². The van der Waals surface area contributed by atoms with Crippen molar-refractivity contribution in [1.82, 2.24) is 0 Å². The van der Waals surface area contributed by atoms with Gasteiger partial charge in [-0.05, 0) is 18.6 Å². The van der Waals surface area contributed by atoms with Gasteiger partial charge in [-0.3, -0.25) is 4.79 Å². The van der Waals surface area contributed by atoms with Crippen LogP contribution in [-0.2, 0) is 4.79 Å². The number of benzene rings is 1. The summed E-state index contributed by atoms with van der Waals surface area (Å²) in [6.45, 7) is 0.155. The van der Waals surface area contributed by atoms with E-state index in [9.17, 15) is 9.59 Å². The van der Waals surface area contributed by atoms with E-state index in [1.807, 2.05) is 0 Å². The second-order valence-electron chi connectivity index (χ2n) is 4.50. The zero-order valence-electron chi connectivity index (χ0n) is 9.64. The summed E-state index contributed by atoms with van der Waals surface area (Å²) in [5.74, 6) is 0.274. The Morgan fingerprint density at radius 2 is 2.33 bits per heavy atom. The summed E-state index contributed by atoms with van der Waals surface area (Å²) in [6, 6.07) is 3.36. The Kier molecular flexibility index (Phi) is 2.47. The second kappa shape index (κ2) is 4.01. The lowest BCUT2D eigenvalue weighted by molar-refractivity contribution is -0.139. The molecule has 0 saturated heterocycles. The minimum atomic E-state index is -1.06. The molecule has 5 heteroatoms. The predicted molar refractivity (Wildman–Crippen MR) is 61.4 cm³/mol. The highest BCUT2D eigenvalue weighted by Crippen LogP contribution is 2.46. The molecule has 18 heavy (non-hydrogen) atoms. The van der Waals surface area contributed by atoms with Crippen molar-refractivity contribution in [2.45, 2.75) is 18.8 Å². The first-order valence-corrected chi connectivity index (χ1v) is 5.84. The molecule has 0 saturated carbocycles. The molecule has 1 aliphatic carbocycles. The average molecular weight is 248 g/mol. The highest BCUT2D eigenvalue weighted by Gasteiger charge is 2.36. The van der Waals surface area contributed by atoms with Crippen molar-refractivity contribution in [2.75, 3.05) is 13.2 Å². The van der Waals surface area contributed by atoms with Crippen molar-refractivity contribution in [3.8, 4) is 11.5 Å². The molecule has 0 fully saturated rings. The zero-order chi connectivity index (χ0) is 12.7. The van der Waals surface area contributed by atoms with Gasteiger partial charge in [0.1, 0.15) is 11.5 Å². The molecule has 1 heterocycles. The molecule has 94 valence electrons. The minimum Gasteiger partial charge on any atom is -0.493 e. The van der Waals surface area contributed by atoms with Gasteiger partial charge in [0.25, 0.3) is 0 Å². The van der Waals surface area contributed by atoms with Crippen LogP contribution in [0.3, 0.4) is 0 Å². The van der Waals surface area contributed by atoms with E-state index in [2.05, 4.69) is 0 Å². The number of hydrogen-bond donors (Lipinski definition) is 1. The predicted octanol–water partition coefficient (Wildman–Crippen LogP) is 1.60. The maximum atomic E-state index is 12.0. The number of ketones is 1. The lowest BCUT2D eigenvalue weighted by Crippen LogP contribution is -2.18. The van der Waals surface area contributed by atoms with Gasteiger partial charge in [-0.2, -0.15) is 0 Å². The number of carboxylic acids is 1. The second-order valence-corrected chi connectivity index (χ2v) is 4.50. The Morgan fingerprint density at radius 3 is 3.11 bits per heavy atom. The van der Waals surface area contributed by atoms with Gasteiger partial charge in [0, 0.05) is 17.9 Å². The number of aliphatic carboxylic acids is 1. The van der Waals surface area contributed by atoms with Crippen molar-refractivity contribution in [3.05, 3.63) is 23.3 Å². The Bertz CT molecular complexity index is 534. The molecule has 0 unspecified atom stereocenters. The van der Waals surface area contributed by atoms with Gasteiger partial charge < -0.3 is 14.6 Å². The number of hydrogen-bond acceptors (Lipinski definition) is 4. The van der Waals surface area contributed by atoms with Gasteiger partial charge in [-0.15, -0.1) is 0 Å². The van der Waals surface area contributed by atoms with E-state index in [-0.39, 0.29) is 11.7 Å². The normalized spacial score (nSPS) is 20.2. The number of carbonyl (C=O) groups excluding carboxylic acids is 1. The molecular weight excluding hydrogens is 236 g/mol. The van der Waals surface area contributed by atoms with Crippen molar-refractivity contribution >= 4 is 11.8 Å². The van der Waals surface area contributed by atoms with E-state index >= 15 is 0 Å². The summed E-state index contributed by atoms with van der Waals surface area (Å²) in [6.07, 6.45) is 1.26. The largest absolute Gasteiger partial charge is 0.493 e. The van der Waals surface area contributed by atoms with E-state index in [0.29, 0.717) is 24.3 Å². The highest BCUT2D eigenvalue weighted by atomic mass is 16.5. The third kappa shape index (κ3) is 1.63. The molecule has 1 N–H and O–H groups in total. The molecule has 1 aliphatic heterocycles. The van der Waals surface area contributed by atoms with Crippen LogP contribution in [0.2, 0.25) is 0 Å². The van der Waals surface area contributed by atoms with E-state index < -0.39 is 12.6 Å². The molecular formula is C13H12O5. The van der Waals surface area contributed by atoms with Crippen molar-refractivity contribution in [3.63, 3.8) is 0 Å². The molecule has 5 nitrogen and oxygen atoms in total. The molecule has 1 atom stereocenters. The van der Waals surface area contributed by atoms with Crippen molar-refractivity contribution in [2.24, 2.45) is 0 Å². The van der Waals surface area contributed by atoms with Crippen LogP contribution >= 0.6 is 0 Å². The Labute approximate surface area is 103 Å². The molecule has 1 aromatic rings. The maximum Gasteiger partial charge on any atom is 0.341 e. The molecule has 0 amide bonds. The summed E-state index contributed by atoms with van der Waals surface area (Å²) >= 11 is 0. The standard InChI is InChI=1S/C13H12O5/c14-8-2-1-7-5-17-9-3-4-10(13(8)12(7)9)18-6-11(15)16/h3-4,7H,1-2,5-6H2,(H,15,16)/t7-/m0/s1. The fraction of sp³-hybridized carbons (Fsp3) is 0.385. The van der Waals surface area contributed by atoms with Gasteiger partial charge in [-0.1, -0.05) is 0 Å². The molecule has 0 bridgehead atoms. The van der Waals surface area contributed by atoms with Crippen LogP contribution in [0.15, 0.2) is 12.1 Å². The summed E-state index contributed by atoms with van der Waals surface area (Å²) < 4.78 is 10.7. The Balaban J connectivity index is 2.04. The number of rotatable bonds is 3. The molecule has 0 spiro atoms. The van der Waals surface area contributed by atoms with Crippen LogP contribution < -0.4 is 9.47 Å². The minimum absolute atomic E-state index is 0.00832. The van der Waals surface area contributed by atoms with Gasteiger partial charge in [0.05, 0.1) is 12.2 Å². The zero-order valence-corrected chi connectivity index (χ0v) is 9.64. The smallest absolute Gasteiger partial charge is 0.341 e. The van der Waals surface area contributed by atoms with E-state index in [4.69, 9.17) is 14.6 Å². The molecule has 3 rings (SSSR count). The fourth-order valence-corrected chi connectivity index (χ4v) is 2.59. The fourth-order valence-electron chi connectivity index (χ4n) is 2.59. The highest BCUT2D eigenvalue weighted by molar-refractivity contribution is 6.02. The van der Waals surface area contributed by atoms with Crippen LogP contribution in [0, 0.1) is 0 Å². The molecule has 1 aromatic carbocycles. The molecule has 0 radical (unpaired) electrons. The molecule has 0 aromatic heterocycles. The third-order valence-corrected chi connectivity index (χ3v) is 3.37. The SMILES string of the molecule is O=C(O)COc1ccc2c3c1C(=O)CC[C@H]3CO2. The first kappa shape index (κ1) is 11.1. The van der Waals surface area contributed by atoms with E-state index in [1.165, 1.54) is 0 Å². The van der Waals surface area contributed by atoms with Crippen LogP contribution in [0.4, 0.5) is 0 Å². The van der Waals surface area contributed by atoms with Gasteiger partial charge >= 0.3 is 5.97 Å². The van der Waals surface area contributed by atoms with Gasteiger partial charge in [-0.25, -0.2) is 4.79 Å². The summed E-state index contributed by atoms with van der Waals surface area (Å²) in [4.78, 5) is 22.5. The first-order chi connectivity index (χ1) is 8.66. The van der Waals surface area contributed by atoms with Crippen LogP contribution in [0.5, 0.6) is 11.5 Å². The van der Waals surface area contributed by atoms with Crippen molar-refractivity contribution in [1.29, 1.82) is 0 Å². The van der Waals surface area contributed by atoms with Crippen LogP contribution in [0.1, 0.15) is 34.7 Å². The monoisotopic (exact) mass is 248 g/mol. The third-order valence-electron chi connectivity index (χ3n) is 3.37. The summed E-state index contributed by atoms with van der Waals surface area (Å²) in [5, 5.41) is 8.63. The topological polar surface area (TPSA) is 72.8 Å². The Morgan fingerprint density at radius 1 is 1.50 bits per heavy atom. The number of carboxylic acid groups (broad SMARTS) is 1. The quantitative estimate of drug-likeness (QED) is 0.879. The summed E-state index contributed by atoms with van der Waals surface area (Å²) in [7, 11) is 0. The van der Waals surface area contributed by atoms with Crippen LogP contribution in [0.25, 0.3) is 0 Å². The molecule has 2 aliphatic rings. The van der Waals surface area contributed by atoms with E-state index in [0.717, 1.165) is 17.7 Å². The number of Topliss-reactive ketones (excluding diaryl/α,β-unsaturated/α-hetero) is 1. The van der Waals surface area contributed by atoms with E-state index in [1.54, 1.807) is 12.1 Å². The van der Waals surface area contributed by atoms with Crippen LogP contribution in [-0.4, -0.2) is 30.1 Å². The first-order valence-electron chi connectivity index (χ1n) is 5.84. The summed E-state index contributed by atoms with van der Waals surface area (Å²) in [5.41, 5.74) is 1.41. The lowest BCUT2D eigenvalue weighted by Gasteiger charge is -2.20. The number of carbonyl (C=O) groups is 2. The Hall–Kier alpha value is -2.04. The average Bonchev–Trinajstić information content (AvgIpc) is 2.76. The maximum absolute atomic E-state index is 12.0. The van der Waals surface area contributed by atoms with Gasteiger partial charge in [0.15, 0.2) is 12.4 Å². The van der Waals surface area contributed by atoms with Crippen molar-refractivity contribution < 1.29 is 24.2 Å². The lowest BCUT2D eigenvalue weighted by atomic mass is 9.83.